The van der Waals surface area contributed by atoms with Gasteiger partial charge in [-0.15, -0.1) is 0 Å². The fourth-order valence-electron chi connectivity index (χ4n) is 28.5. The molecule has 9 fully saturated rings. The van der Waals surface area contributed by atoms with Gasteiger partial charge in [-0.25, -0.2) is 0 Å². The van der Waals surface area contributed by atoms with Crippen LogP contribution in [-0.4, -0.2) is 68.5 Å². The van der Waals surface area contributed by atoms with Crippen molar-refractivity contribution in [2.45, 2.75) is 292 Å². The molecule has 6 N–H and O–H groups in total. The number of fused-ring (bicyclic) bond motifs is 21. The minimum atomic E-state index is -0.412. The van der Waals surface area contributed by atoms with E-state index in [1.165, 1.54) is 23.1 Å². The van der Waals surface area contributed by atoms with Crippen LogP contribution in [0.15, 0.2) is 188 Å². The number of hydrogen-bond donors (Lipinski definition) is 6. The summed E-state index contributed by atoms with van der Waals surface area (Å²) in [6.07, 6.45) is 43.8. The standard InChI is InChI=1S/C37H47NO4.C35H44N2O3.C32H45NO3/c1-23-26-12-13-29-35(4,27(26)20-28(39)31(23)40)17-19-37(6)30-21-34(3,15-14-33(30,2)16-18-36(29,37)5)32(41)38-22-24-8-10-25(42-7)11-9-24;1-22-24-9-10-27-33(4,25(24)18-26(38)29(22)39)14-16-35(6)28-19-32(3,12-11-31(28,2)13-15-34(27,35)5)30(40)37-21-23-8-7-17-36-20-23;1-19(2)33-27(36)29(5)12-11-28(4)13-15-31(7)24-10-9-21-20(3)26(35)23(34)17-22(21)30(24,6)14-16-32(31,8)25(28)18-29/h8-13,20,30,40H,14-19,21-22H2,1-7H3,(H,38,41);7-10,17-18,20,28,39H,11-16,19,21H2,1-6H3,(H,37,40);9-10,17,19,25,35H,11-16,18H2,1-8H3,(H,33,36)/t30-,33-,34-,35+,36-,37+;28-,31-,32-,33+,34-,35+;25-,28-,29-,30+,31-,32+/m111/s1. The summed E-state index contributed by atoms with van der Waals surface area (Å²) in [5.41, 5.74) is 13.6. The summed E-state index contributed by atoms with van der Waals surface area (Å²) in [5, 5.41) is 40.9. The van der Waals surface area contributed by atoms with E-state index in [0.29, 0.717) is 47.6 Å². The zero-order valence-corrected chi connectivity index (χ0v) is 75.0. The molecule has 2 aromatic rings. The maximum Gasteiger partial charge on any atom is 0.226 e. The number of benzene rings is 1. The van der Waals surface area contributed by atoms with E-state index in [9.17, 15) is 44.1 Å². The van der Waals surface area contributed by atoms with Crippen molar-refractivity contribution in [1.82, 2.24) is 20.9 Å². The number of nitrogens with zero attached hydrogens (tertiary/aromatic N) is 1. The summed E-state index contributed by atoms with van der Waals surface area (Å²) in [7, 11) is 1.66. The average Bonchev–Trinajstić information content (AvgIpc) is 0.685. The fraction of sp³-hybridized carbons (Fsp3) is 0.606. The molecule has 18 atom stereocenters. The fourth-order valence-corrected chi connectivity index (χ4v) is 28.5. The third kappa shape index (κ3) is 12.5. The van der Waals surface area contributed by atoms with E-state index < -0.39 is 10.8 Å². The van der Waals surface area contributed by atoms with Crippen LogP contribution in [0.3, 0.4) is 0 Å². The Hall–Kier alpha value is -8.13. The second-order valence-corrected chi connectivity index (χ2v) is 44.0. The van der Waals surface area contributed by atoms with Gasteiger partial charge in [-0.2, -0.15) is 0 Å². The summed E-state index contributed by atoms with van der Waals surface area (Å²) in [6.45, 7) is 46.6. The minimum absolute atomic E-state index is 0.0139. The lowest BCUT2D eigenvalue weighted by Gasteiger charge is -2.70. The second kappa shape index (κ2) is 28.5. The van der Waals surface area contributed by atoms with Crippen LogP contribution in [-0.2, 0) is 41.9 Å². The van der Waals surface area contributed by atoms with Gasteiger partial charge in [-0.05, 0) is 317 Å². The number of methoxy groups -OCH3 is 1. The number of rotatable bonds is 9. The molecular weight excluding hydrogens is 1470 g/mol. The van der Waals surface area contributed by atoms with Gasteiger partial charge >= 0.3 is 0 Å². The number of aliphatic hydroxyl groups excluding tert-OH is 3. The first-order valence-electron chi connectivity index (χ1n) is 44.8. The van der Waals surface area contributed by atoms with Crippen LogP contribution in [0, 0.1) is 99.0 Å². The molecule has 17 rings (SSSR count). The van der Waals surface area contributed by atoms with Crippen molar-refractivity contribution >= 4 is 35.1 Å². The van der Waals surface area contributed by atoms with Gasteiger partial charge in [0, 0.05) is 80.7 Å². The van der Waals surface area contributed by atoms with Gasteiger partial charge < -0.3 is 36.0 Å². The van der Waals surface area contributed by atoms with Crippen LogP contribution in [0.2, 0.25) is 0 Å². The summed E-state index contributed by atoms with van der Waals surface area (Å²) >= 11 is 0. The predicted octanol–water partition coefficient (Wildman–Crippen LogP) is 22.4. The number of nitrogens with one attached hydrogen (secondary N) is 3. The second-order valence-electron chi connectivity index (χ2n) is 44.0. The molecular formula is C104H136N4O10. The maximum atomic E-state index is 13.8. The third-order valence-corrected chi connectivity index (χ3v) is 37.5. The van der Waals surface area contributed by atoms with E-state index in [-0.39, 0.29) is 129 Å². The van der Waals surface area contributed by atoms with Crippen molar-refractivity contribution in [2.24, 2.45) is 99.0 Å². The first kappa shape index (κ1) is 84.9. The highest BCUT2D eigenvalue weighted by Crippen LogP contribution is 2.80. The van der Waals surface area contributed by atoms with Crippen LogP contribution in [0.25, 0.3) is 0 Å². The summed E-state index contributed by atoms with van der Waals surface area (Å²) < 4.78 is 5.28. The first-order chi connectivity index (χ1) is 55.1. The van der Waals surface area contributed by atoms with Gasteiger partial charge in [0.2, 0.25) is 35.1 Å². The molecule has 3 amide bonds. The number of allylic oxidation sites excluding steroid dienone is 21. The highest BCUT2D eigenvalue weighted by Gasteiger charge is 2.72. The molecule has 15 aliphatic rings. The van der Waals surface area contributed by atoms with Crippen molar-refractivity contribution in [3.63, 3.8) is 0 Å². The molecule has 0 spiro atoms. The number of amides is 3. The zero-order chi connectivity index (χ0) is 85.5. The summed E-state index contributed by atoms with van der Waals surface area (Å²) in [4.78, 5) is 83.3. The SMILES string of the molecule is CC1=C(O)C(=O)C=C2C1=CC=C1[C@@]2(C)CC[C@@]2(C)[C@@H]3C[C@](C)(C(=O)NC(C)C)CC[C@]3(C)CC[C@]12C.CC1=C(O)C(=O)C=C2C1=CC=C1[C@@]2(C)CC[C@@]2(C)[C@@H]3C[C@](C)(C(=O)NCc4cccnc4)CC[C@]3(C)CC[C@]12C.COc1ccc(CNC(=O)[C@]2(C)CC[C@]3(C)CC[C@]4(C)C5=CC=C6C(=CC(=O)C(O)=C6C)[C@]5(C)CC[C@@]4(C)[C@@H]3C2)cc1. The molecule has 0 radical (unpaired) electrons. The van der Waals surface area contributed by atoms with Gasteiger partial charge in [0.15, 0.2) is 17.3 Å². The van der Waals surface area contributed by atoms with Gasteiger partial charge in [-0.3, -0.25) is 33.8 Å². The quantitative estimate of drug-likeness (QED) is 0.139. The van der Waals surface area contributed by atoms with Crippen molar-refractivity contribution in [2.75, 3.05) is 7.11 Å². The normalized spacial score (nSPS) is 41.1. The Labute approximate surface area is 703 Å². The van der Waals surface area contributed by atoms with Crippen LogP contribution in [0.5, 0.6) is 5.75 Å². The largest absolute Gasteiger partial charge is 0.504 e. The molecule has 0 saturated heterocycles. The third-order valence-electron chi connectivity index (χ3n) is 37.5. The van der Waals surface area contributed by atoms with Gasteiger partial charge in [0.05, 0.1) is 7.11 Å². The van der Waals surface area contributed by atoms with Crippen molar-refractivity contribution < 1.29 is 48.8 Å². The highest BCUT2D eigenvalue weighted by molar-refractivity contribution is 6.08. The van der Waals surface area contributed by atoms with E-state index in [2.05, 4.69) is 161 Å². The van der Waals surface area contributed by atoms with E-state index in [0.717, 1.165) is 179 Å². The molecule has 1 aromatic carbocycles. The molecule has 0 unspecified atom stereocenters. The Bertz CT molecular complexity index is 5050. The van der Waals surface area contributed by atoms with Gasteiger partial charge in [0.25, 0.3) is 0 Å². The Morgan fingerprint density at radius 2 is 0.746 bits per heavy atom. The average molecular weight is 1600 g/mol. The van der Waals surface area contributed by atoms with E-state index in [4.69, 9.17) is 4.74 Å². The number of pyridine rings is 1. The summed E-state index contributed by atoms with van der Waals surface area (Å²) in [6, 6.07) is 12.0. The van der Waals surface area contributed by atoms with Crippen LogP contribution < -0.4 is 20.7 Å². The van der Waals surface area contributed by atoms with Gasteiger partial charge in [0.1, 0.15) is 5.75 Å². The Morgan fingerprint density at radius 1 is 0.424 bits per heavy atom. The molecule has 15 aliphatic carbocycles. The Kier molecular flexibility index (Phi) is 20.5. The molecule has 14 heteroatoms. The van der Waals surface area contributed by atoms with Gasteiger partial charge in [-0.1, -0.05) is 175 Å². The van der Waals surface area contributed by atoms with Crippen LogP contribution in [0.1, 0.15) is 284 Å². The smallest absolute Gasteiger partial charge is 0.226 e. The van der Waals surface area contributed by atoms with E-state index >= 15 is 0 Å². The van der Waals surface area contributed by atoms with E-state index in [1.807, 2.05) is 77.2 Å². The van der Waals surface area contributed by atoms with Crippen molar-refractivity contribution in [3.8, 4) is 5.75 Å². The number of ether oxygens (including phenoxy) is 1. The summed E-state index contributed by atoms with van der Waals surface area (Å²) in [5.74, 6) is 1.46. The molecule has 118 heavy (non-hydrogen) atoms. The topological polar surface area (TPSA) is 221 Å². The zero-order valence-electron chi connectivity index (χ0n) is 75.0. The maximum absolute atomic E-state index is 13.8. The minimum Gasteiger partial charge on any atom is -0.504 e. The monoisotopic (exact) mass is 1600 g/mol. The predicted molar refractivity (Wildman–Crippen MR) is 467 cm³/mol. The lowest BCUT2D eigenvalue weighted by atomic mass is 9.34. The molecule has 1 aromatic heterocycles. The Morgan fingerprint density at radius 3 is 1.06 bits per heavy atom. The molecule has 14 nitrogen and oxygen atoms in total. The number of aliphatic hydroxyl groups is 3. The molecule has 0 aliphatic heterocycles. The molecule has 632 valence electrons. The first-order valence-corrected chi connectivity index (χ1v) is 44.8. The highest BCUT2D eigenvalue weighted by atomic mass is 16.5. The molecule has 1 heterocycles. The molecule has 9 saturated carbocycles. The van der Waals surface area contributed by atoms with Crippen LogP contribution in [0.4, 0.5) is 0 Å². The lowest BCUT2D eigenvalue weighted by molar-refractivity contribution is -0.169. The number of carbonyl (C=O) groups excluding carboxylic acids is 6. The molecule has 0 bridgehead atoms. The van der Waals surface area contributed by atoms with E-state index in [1.54, 1.807) is 31.5 Å². The van der Waals surface area contributed by atoms with Crippen LogP contribution >= 0.6 is 0 Å². The number of ketones is 3. The van der Waals surface area contributed by atoms with Crippen molar-refractivity contribution in [3.05, 3.63) is 199 Å². The number of carbonyl (C=O) groups is 6. The number of hydrogen-bond acceptors (Lipinski definition) is 11. The lowest BCUT2D eigenvalue weighted by Crippen LogP contribution is -2.62. The van der Waals surface area contributed by atoms with Crippen molar-refractivity contribution in [1.29, 1.82) is 0 Å². The number of aromatic nitrogens is 1. The Balaban J connectivity index is 0.000000139.